The first-order valence-corrected chi connectivity index (χ1v) is 10.0. The molecule has 3 saturated carbocycles. The predicted octanol–water partition coefficient (Wildman–Crippen LogP) is 3.49. The maximum Gasteiger partial charge on any atom is 0.0544 e. The highest BCUT2D eigenvalue weighted by Crippen LogP contribution is 2.63. The Morgan fingerprint density at radius 1 is 1.17 bits per heavy atom. The van der Waals surface area contributed by atoms with Crippen molar-refractivity contribution in [1.29, 1.82) is 0 Å². The summed E-state index contributed by atoms with van der Waals surface area (Å²) in [7, 11) is 0. The van der Waals surface area contributed by atoms with E-state index in [1.165, 1.54) is 25.7 Å². The topological polar surface area (TPSA) is 66.5 Å². The van der Waals surface area contributed by atoms with Crippen LogP contribution in [0.5, 0.6) is 0 Å². The van der Waals surface area contributed by atoms with Crippen LogP contribution in [0.1, 0.15) is 65.7 Å². The fourth-order valence-electron chi connectivity index (χ4n) is 6.93. The average Bonchev–Trinajstić information content (AvgIpc) is 2.92. The molecule has 0 unspecified atom stereocenters. The number of rotatable bonds is 3. The molecule has 3 heteroatoms. The Morgan fingerprint density at radius 3 is 2.54 bits per heavy atom. The summed E-state index contributed by atoms with van der Waals surface area (Å²) in [6.07, 6.45) is 9.76. The zero-order valence-electron chi connectivity index (χ0n) is 15.8. The van der Waals surface area contributed by atoms with Crippen molar-refractivity contribution in [3.8, 4) is 0 Å². The molecule has 3 rings (SSSR count). The average molecular weight is 336 g/mol. The van der Waals surface area contributed by atoms with Gasteiger partial charge in [-0.1, -0.05) is 25.5 Å². The SMILES string of the molecule is CC=C1CC[C@H]2[C@H](CN)[C@@H]([C@@]3(C)CC[C@H](O)C[C@@H]3CO)CC[C@]12C. The van der Waals surface area contributed by atoms with E-state index in [1.54, 1.807) is 5.57 Å². The largest absolute Gasteiger partial charge is 0.396 e. The van der Waals surface area contributed by atoms with Crippen molar-refractivity contribution in [2.24, 2.45) is 40.2 Å². The van der Waals surface area contributed by atoms with Crippen LogP contribution in [-0.4, -0.2) is 29.5 Å². The van der Waals surface area contributed by atoms with E-state index in [0.29, 0.717) is 23.2 Å². The molecule has 0 aromatic heterocycles. The van der Waals surface area contributed by atoms with Gasteiger partial charge in [0.15, 0.2) is 0 Å². The first-order chi connectivity index (χ1) is 11.4. The summed E-state index contributed by atoms with van der Waals surface area (Å²) in [5.41, 5.74) is 8.45. The van der Waals surface area contributed by atoms with E-state index in [4.69, 9.17) is 5.73 Å². The van der Waals surface area contributed by atoms with Crippen LogP contribution in [0.15, 0.2) is 11.6 Å². The van der Waals surface area contributed by atoms with Gasteiger partial charge in [0.2, 0.25) is 0 Å². The quantitative estimate of drug-likeness (QED) is 0.692. The fourth-order valence-corrected chi connectivity index (χ4v) is 6.93. The summed E-state index contributed by atoms with van der Waals surface area (Å²) in [5, 5.41) is 20.1. The van der Waals surface area contributed by atoms with Crippen LogP contribution in [0, 0.1) is 34.5 Å². The van der Waals surface area contributed by atoms with Crippen LogP contribution in [0.3, 0.4) is 0 Å². The zero-order chi connectivity index (χ0) is 17.5. The summed E-state index contributed by atoms with van der Waals surface area (Å²) in [6, 6.07) is 0. The van der Waals surface area contributed by atoms with Crippen LogP contribution in [0.4, 0.5) is 0 Å². The van der Waals surface area contributed by atoms with Crippen molar-refractivity contribution in [3.05, 3.63) is 11.6 Å². The standard InChI is InChI=1S/C21H37NO2/c1-4-14-5-6-18-17(12-22)19(8-10-20(14,18)2)21(3)9-7-16(24)11-15(21)13-23/h4,15-19,23-24H,5-13,22H2,1-3H3/t15-,16+,17+,18+,19+,20-,21+/m1/s1. The van der Waals surface area contributed by atoms with Gasteiger partial charge in [0.25, 0.3) is 0 Å². The molecular weight excluding hydrogens is 298 g/mol. The maximum atomic E-state index is 10.1. The molecule has 4 N–H and O–H groups in total. The Bertz CT molecular complexity index is 490. The number of nitrogens with two attached hydrogens (primary N) is 1. The molecule has 0 heterocycles. The van der Waals surface area contributed by atoms with Gasteiger partial charge in [-0.05, 0) is 92.9 Å². The van der Waals surface area contributed by atoms with E-state index in [-0.39, 0.29) is 24.0 Å². The van der Waals surface area contributed by atoms with Gasteiger partial charge in [-0.15, -0.1) is 0 Å². The van der Waals surface area contributed by atoms with Gasteiger partial charge < -0.3 is 15.9 Å². The molecule has 0 spiro atoms. The van der Waals surface area contributed by atoms with Gasteiger partial charge >= 0.3 is 0 Å². The van der Waals surface area contributed by atoms with Gasteiger partial charge in [0.05, 0.1) is 6.10 Å². The normalized spacial score (nSPS) is 50.9. The number of aliphatic hydroxyl groups excluding tert-OH is 2. The number of aliphatic hydroxyl groups is 2. The van der Waals surface area contributed by atoms with Crippen molar-refractivity contribution in [2.75, 3.05) is 13.2 Å². The molecule has 3 aliphatic carbocycles. The van der Waals surface area contributed by atoms with Crippen LogP contribution in [-0.2, 0) is 0 Å². The Morgan fingerprint density at radius 2 is 1.92 bits per heavy atom. The summed E-state index contributed by atoms with van der Waals surface area (Å²) >= 11 is 0. The minimum atomic E-state index is -0.235. The molecule has 138 valence electrons. The molecule has 0 saturated heterocycles. The Kier molecular flexibility index (Phi) is 5.17. The van der Waals surface area contributed by atoms with Crippen molar-refractivity contribution in [1.82, 2.24) is 0 Å². The molecular formula is C21H37NO2. The third-order valence-corrected chi connectivity index (χ3v) is 8.48. The van der Waals surface area contributed by atoms with E-state index < -0.39 is 0 Å². The van der Waals surface area contributed by atoms with E-state index >= 15 is 0 Å². The third kappa shape index (κ3) is 2.68. The first kappa shape index (κ1) is 18.4. The molecule has 0 radical (unpaired) electrons. The first-order valence-electron chi connectivity index (χ1n) is 10.0. The molecule has 0 bridgehead atoms. The van der Waals surface area contributed by atoms with Crippen LogP contribution in [0.2, 0.25) is 0 Å². The lowest BCUT2D eigenvalue weighted by atomic mass is 9.49. The summed E-state index contributed by atoms with van der Waals surface area (Å²) in [5.74, 6) is 2.04. The van der Waals surface area contributed by atoms with Gasteiger partial charge in [-0.25, -0.2) is 0 Å². The number of hydrogen-bond donors (Lipinski definition) is 3. The predicted molar refractivity (Wildman–Crippen MR) is 98.4 cm³/mol. The molecule has 0 aromatic rings. The van der Waals surface area contributed by atoms with Gasteiger partial charge in [-0.2, -0.15) is 0 Å². The molecule has 3 fully saturated rings. The molecule has 7 atom stereocenters. The van der Waals surface area contributed by atoms with Crippen LogP contribution < -0.4 is 5.73 Å². The minimum absolute atomic E-state index is 0.123. The van der Waals surface area contributed by atoms with Crippen molar-refractivity contribution < 1.29 is 10.2 Å². The third-order valence-electron chi connectivity index (χ3n) is 8.48. The van der Waals surface area contributed by atoms with Gasteiger partial charge in [0, 0.05) is 6.61 Å². The Balaban J connectivity index is 1.89. The maximum absolute atomic E-state index is 10.1. The van der Waals surface area contributed by atoms with E-state index in [1.807, 2.05) is 0 Å². The minimum Gasteiger partial charge on any atom is -0.396 e. The van der Waals surface area contributed by atoms with E-state index in [2.05, 4.69) is 26.8 Å². The second-order valence-electron chi connectivity index (χ2n) is 9.23. The Labute approximate surface area is 147 Å². The highest BCUT2D eigenvalue weighted by Gasteiger charge is 2.56. The second kappa shape index (κ2) is 6.74. The lowest BCUT2D eigenvalue weighted by Gasteiger charge is -2.56. The fraction of sp³-hybridized carbons (Fsp3) is 0.905. The zero-order valence-corrected chi connectivity index (χ0v) is 15.8. The molecule has 3 aliphatic rings. The summed E-state index contributed by atoms with van der Waals surface area (Å²) < 4.78 is 0. The second-order valence-corrected chi connectivity index (χ2v) is 9.23. The molecule has 0 aromatic carbocycles. The Hall–Kier alpha value is -0.380. The van der Waals surface area contributed by atoms with E-state index in [9.17, 15) is 10.2 Å². The number of hydrogen-bond acceptors (Lipinski definition) is 3. The molecule has 24 heavy (non-hydrogen) atoms. The molecule has 0 amide bonds. The van der Waals surface area contributed by atoms with Crippen molar-refractivity contribution in [3.63, 3.8) is 0 Å². The lowest BCUT2D eigenvalue weighted by molar-refractivity contribution is -0.0917. The highest BCUT2D eigenvalue weighted by molar-refractivity contribution is 5.23. The summed E-state index contributed by atoms with van der Waals surface area (Å²) in [4.78, 5) is 0. The van der Waals surface area contributed by atoms with Crippen molar-refractivity contribution >= 4 is 0 Å². The molecule has 0 aliphatic heterocycles. The van der Waals surface area contributed by atoms with Crippen LogP contribution in [0.25, 0.3) is 0 Å². The van der Waals surface area contributed by atoms with Gasteiger partial charge in [0.1, 0.15) is 0 Å². The smallest absolute Gasteiger partial charge is 0.0544 e. The van der Waals surface area contributed by atoms with Crippen LogP contribution >= 0.6 is 0 Å². The number of fused-ring (bicyclic) bond motifs is 1. The lowest BCUT2D eigenvalue weighted by Crippen LogP contribution is -2.52. The monoisotopic (exact) mass is 335 g/mol. The van der Waals surface area contributed by atoms with Crippen molar-refractivity contribution in [2.45, 2.75) is 71.8 Å². The molecule has 3 nitrogen and oxygen atoms in total. The van der Waals surface area contributed by atoms with Gasteiger partial charge in [-0.3, -0.25) is 0 Å². The highest BCUT2D eigenvalue weighted by atomic mass is 16.3. The summed E-state index contributed by atoms with van der Waals surface area (Å²) in [6.45, 7) is 8.00. The van der Waals surface area contributed by atoms with E-state index in [0.717, 1.165) is 25.8 Å². The number of allylic oxidation sites excluding steroid dienone is 2.